The molecule has 1 aliphatic rings. The summed E-state index contributed by atoms with van der Waals surface area (Å²) in [5.74, 6) is 0.965. The van der Waals surface area contributed by atoms with Gasteiger partial charge in [-0.05, 0) is 26.3 Å². The van der Waals surface area contributed by atoms with Gasteiger partial charge in [0.15, 0.2) is 0 Å². The maximum atomic E-state index is 12.8. The number of anilines is 1. The second-order valence-corrected chi connectivity index (χ2v) is 8.67. The molecule has 7 nitrogen and oxygen atoms in total. The molecule has 1 amide bonds. The molecule has 2 aromatic rings. The Bertz CT molecular complexity index is 801. The van der Waals surface area contributed by atoms with E-state index >= 15 is 0 Å². The van der Waals surface area contributed by atoms with Crippen LogP contribution in [-0.2, 0) is 20.7 Å². The largest absolute Gasteiger partial charge is 0.383 e. The molecule has 1 aliphatic heterocycles. The Hall–Kier alpha value is -2.03. The number of nitrogens with zero attached hydrogens (tertiary/aromatic N) is 4. The zero-order valence-electron chi connectivity index (χ0n) is 18.3. The summed E-state index contributed by atoms with van der Waals surface area (Å²) in [4.78, 5) is 21.5. The number of amides is 1. The van der Waals surface area contributed by atoms with E-state index in [1.807, 2.05) is 18.7 Å². The summed E-state index contributed by atoms with van der Waals surface area (Å²) in [5, 5.41) is 0.839. The molecule has 8 heteroatoms. The molecular weight excluding hydrogens is 400 g/mol. The van der Waals surface area contributed by atoms with E-state index in [4.69, 9.17) is 14.5 Å². The van der Waals surface area contributed by atoms with Crippen LogP contribution in [0.2, 0.25) is 0 Å². The Kier molecular flexibility index (Phi) is 8.18. The molecule has 164 valence electrons. The van der Waals surface area contributed by atoms with E-state index < -0.39 is 0 Å². The third kappa shape index (κ3) is 6.48. The van der Waals surface area contributed by atoms with E-state index in [2.05, 4.69) is 40.5 Å². The Morgan fingerprint density at radius 1 is 1.23 bits per heavy atom. The van der Waals surface area contributed by atoms with Crippen LogP contribution in [0.4, 0.5) is 5.13 Å². The Labute approximate surface area is 183 Å². The average Bonchev–Trinajstić information content (AvgIpc) is 3.17. The van der Waals surface area contributed by atoms with E-state index in [9.17, 15) is 4.79 Å². The van der Waals surface area contributed by atoms with Crippen molar-refractivity contribution in [3.05, 3.63) is 41.2 Å². The number of methoxy groups -OCH3 is 1. The predicted octanol–water partition coefficient (Wildman–Crippen LogP) is 2.92. The van der Waals surface area contributed by atoms with Crippen LogP contribution in [0.3, 0.4) is 0 Å². The number of carbonyl (C=O) groups excluding carboxylic acids is 1. The van der Waals surface area contributed by atoms with Crippen molar-refractivity contribution in [3.8, 4) is 0 Å². The normalized spacial score (nSPS) is 19.1. The molecule has 1 saturated heterocycles. The highest BCUT2D eigenvalue weighted by molar-refractivity contribution is 7.09. The molecule has 0 spiro atoms. The van der Waals surface area contributed by atoms with Crippen molar-refractivity contribution in [1.82, 2.24) is 14.3 Å². The van der Waals surface area contributed by atoms with Crippen molar-refractivity contribution in [1.29, 1.82) is 0 Å². The number of rotatable bonds is 9. The summed E-state index contributed by atoms with van der Waals surface area (Å²) in [7, 11) is 1.68. The van der Waals surface area contributed by atoms with Crippen molar-refractivity contribution in [2.45, 2.75) is 45.8 Å². The smallest absolute Gasteiger partial charge is 0.224 e. The van der Waals surface area contributed by atoms with Gasteiger partial charge in [0.1, 0.15) is 5.82 Å². The summed E-state index contributed by atoms with van der Waals surface area (Å²) in [6, 6.07) is 8.43. The van der Waals surface area contributed by atoms with E-state index in [1.165, 1.54) is 22.7 Å². The van der Waals surface area contributed by atoms with Gasteiger partial charge in [0.05, 0.1) is 18.8 Å². The third-order valence-electron chi connectivity index (χ3n) is 5.14. The Balaban J connectivity index is 1.60. The third-order valence-corrected chi connectivity index (χ3v) is 5.96. The summed E-state index contributed by atoms with van der Waals surface area (Å²) < 4.78 is 15.5. The van der Waals surface area contributed by atoms with E-state index in [-0.39, 0.29) is 18.1 Å². The van der Waals surface area contributed by atoms with Gasteiger partial charge in [-0.1, -0.05) is 29.8 Å². The minimum Gasteiger partial charge on any atom is -0.383 e. The molecule has 0 N–H and O–H groups in total. The molecule has 1 aromatic heterocycles. The van der Waals surface area contributed by atoms with Crippen LogP contribution in [0.5, 0.6) is 0 Å². The lowest BCUT2D eigenvalue weighted by molar-refractivity contribution is -0.143. The van der Waals surface area contributed by atoms with Gasteiger partial charge in [0, 0.05) is 57.7 Å². The maximum absolute atomic E-state index is 12.8. The number of aryl methyl sites for hydroxylation is 1. The van der Waals surface area contributed by atoms with Gasteiger partial charge in [-0.3, -0.25) is 4.79 Å². The number of morpholine rings is 1. The molecule has 1 aromatic carbocycles. The molecule has 2 atom stereocenters. The zero-order chi connectivity index (χ0) is 21.5. The van der Waals surface area contributed by atoms with Crippen LogP contribution in [0.1, 0.15) is 37.2 Å². The second-order valence-electron chi connectivity index (χ2n) is 7.94. The lowest BCUT2D eigenvalue weighted by Crippen LogP contribution is -2.48. The molecule has 2 heterocycles. The minimum atomic E-state index is 0.0785. The molecule has 1 fully saturated rings. The van der Waals surface area contributed by atoms with Gasteiger partial charge in [-0.15, -0.1) is 0 Å². The fourth-order valence-electron chi connectivity index (χ4n) is 3.61. The van der Waals surface area contributed by atoms with Gasteiger partial charge in [-0.2, -0.15) is 4.37 Å². The first kappa shape index (κ1) is 22.7. The molecular formula is C22H32N4O3S. The standard InChI is InChI=1S/C22H32N4O3S/c1-16-5-7-19(8-6-16)13-20-23-22(30-24-20)25(11-12-28-4)10-9-21(27)26-14-17(2)29-18(3)15-26/h5-8,17-18H,9-15H2,1-4H3. The molecule has 0 radical (unpaired) electrons. The first-order chi connectivity index (χ1) is 14.4. The molecule has 0 bridgehead atoms. The SMILES string of the molecule is COCCN(CCC(=O)N1CC(C)OC(C)C1)c1nc(Cc2ccc(C)cc2)ns1. The summed E-state index contributed by atoms with van der Waals surface area (Å²) in [6.45, 7) is 9.26. The number of hydrogen-bond acceptors (Lipinski definition) is 7. The van der Waals surface area contributed by atoms with Crippen LogP contribution in [0.25, 0.3) is 0 Å². The average molecular weight is 433 g/mol. The van der Waals surface area contributed by atoms with Crippen LogP contribution >= 0.6 is 11.5 Å². The van der Waals surface area contributed by atoms with Gasteiger partial charge >= 0.3 is 0 Å². The first-order valence-corrected chi connectivity index (χ1v) is 11.3. The monoisotopic (exact) mass is 432 g/mol. The number of benzene rings is 1. The van der Waals surface area contributed by atoms with Crippen LogP contribution in [-0.4, -0.2) is 72.3 Å². The zero-order valence-corrected chi connectivity index (χ0v) is 19.2. The van der Waals surface area contributed by atoms with Crippen LogP contribution < -0.4 is 4.90 Å². The first-order valence-electron chi connectivity index (χ1n) is 10.5. The Morgan fingerprint density at radius 2 is 1.93 bits per heavy atom. The minimum absolute atomic E-state index is 0.0785. The highest BCUT2D eigenvalue weighted by atomic mass is 32.1. The summed E-state index contributed by atoms with van der Waals surface area (Å²) in [5.41, 5.74) is 2.43. The molecule has 0 saturated carbocycles. The lowest BCUT2D eigenvalue weighted by Gasteiger charge is -2.35. The number of aromatic nitrogens is 2. The van der Waals surface area contributed by atoms with Gasteiger partial charge in [0.2, 0.25) is 11.0 Å². The topological polar surface area (TPSA) is 67.8 Å². The Morgan fingerprint density at radius 3 is 2.60 bits per heavy atom. The number of carbonyl (C=O) groups is 1. The quantitative estimate of drug-likeness (QED) is 0.607. The van der Waals surface area contributed by atoms with Crippen molar-refractivity contribution >= 4 is 22.6 Å². The van der Waals surface area contributed by atoms with Crippen molar-refractivity contribution < 1.29 is 14.3 Å². The molecule has 3 rings (SSSR count). The summed E-state index contributed by atoms with van der Waals surface area (Å²) in [6.07, 6.45) is 1.30. The fraction of sp³-hybridized carbons (Fsp3) is 0.591. The van der Waals surface area contributed by atoms with Gasteiger partial charge in [-0.25, -0.2) is 4.98 Å². The number of ether oxygens (including phenoxy) is 2. The number of hydrogen-bond donors (Lipinski definition) is 0. The van der Waals surface area contributed by atoms with Crippen molar-refractivity contribution in [2.24, 2.45) is 0 Å². The van der Waals surface area contributed by atoms with E-state index in [0.29, 0.717) is 45.6 Å². The maximum Gasteiger partial charge on any atom is 0.224 e. The predicted molar refractivity (Wildman–Crippen MR) is 119 cm³/mol. The molecule has 0 aliphatic carbocycles. The van der Waals surface area contributed by atoms with E-state index in [1.54, 1.807) is 7.11 Å². The van der Waals surface area contributed by atoms with Crippen LogP contribution in [0.15, 0.2) is 24.3 Å². The second kappa shape index (κ2) is 10.8. The lowest BCUT2D eigenvalue weighted by atomic mass is 10.1. The highest BCUT2D eigenvalue weighted by Crippen LogP contribution is 2.20. The van der Waals surface area contributed by atoms with Gasteiger partial charge < -0.3 is 19.3 Å². The van der Waals surface area contributed by atoms with Crippen molar-refractivity contribution in [2.75, 3.05) is 44.8 Å². The summed E-state index contributed by atoms with van der Waals surface area (Å²) >= 11 is 1.38. The van der Waals surface area contributed by atoms with E-state index in [0.717, 1.165) is 11.0 Å². The van der Waals surface area contributed by atoms with Crippen molar-refractivity contribution in [3.63, 3.8) is 0 Å². The highest BCUT2D eigenvalue weighted by Gasteiger charge is 2.26. The molecule has 2 unspecified atom stereocenters. The fourth-order valence-corrected chi connectivity index (χ4v) is 4.34. The molecule has 30 heavy (non-hydrogen) atoms. The van der Waals surface area contributed by atoms with Gasteiger partial charge in [0.25, 0.3) is 0 Å². The van der Waals surface area contributed by atoms with Crippen LogP contribution in [0, 0.1) is 6.92 Å².